The molecule has 0 aliphatic carbocycles. The summed E-state index contributed by atoms with van der Waals surface area (Å²) >= 11 is 5.67. The van der Waals surface area contributed by atoms with Gasteiger partial charge in [-0.15, -0.1) is 11.6 Å². The van der Waals surface area contributed by atoms with E-state index in [1.54, 1.807) is 12.1 Å². The number of hydrogen-bond donors (Lipinski definition) is 0. The summed E-state index contributed by atoms with van der Waals surface area (Å²) in [6.07, 6.45) is 0. The summed E-state index contributed by atoms with van der Waals surface area (Å²) in [5, 5.41) is 2.18. The Hall–Kier alpha value is -2.06. The third kappa shape index (κ3) is 2.61. The first-order valence-electron chi connectivity index (χ1n) is 6.27. The Morgan fingerprint density at radius 3 is 2.45 bits per heavy atom. The zero-order valence-corrected chi connectivity index (χ0v) is 11.4. The summed E-state index contributed by atoms with van der Waals surface area (Å²) in [6.45, 7) is 0. The van der Waals surface area contributed by atoms with Crippen LogP contribution in [0.4, 0.5) is 4.39 Å². The lowest BCUT2D eigenvalue weighted by molar-refractivity contribution is 0.442. The fourth-order valence-corrected chi connectivity index (χ4v) is 2.23. The molecule has 3 heteroatoms. The average molecular weight is 287 g/mol. The van der Waals surface area contributed by atoms with E-state index in [2.05, 4.69) is 0 Å². The van der Waals surface area contributed by atoms with Crippen molar-refractivity contribution in [2.45, 2.75) is 5.88 Å². The summed E-state index contributed by atoms with van der Waals surface area (Å²) in [5.41, 5.74) is 0.732. The molecule has 1 nitrogen and oxygen atoms in total. The van der Waals surface area contributed by atoms with Crippen LogP contribution in [0, 0.1) is 5.82 Å². The molecule has 3 rings (SSSR count). The van der Waals surface area contributed by atoms with E-state index in [1.807, 2.05) is 42.5 Å². The molecule has 0 bridgehead atoms. The quantitative estimate of drug-likeness (QED) is 0.577. The van der Waals surface area contributed by atoms with E-state index in [0.717, 1.165) is 16.3 Å². The molecule has 0 radical (unpaired) electrons. The lowest BCUT2D eigenvalue weighted by atomic mass is 10.1. The highest BCUT2D eigenvalue weighted by Gasteiger charge is 2.06. The highest BCUT2D eigenvalue weighted by atomic mass is 35.5. The zero-order chi connectivity index (χ0) is 13.9. The Morgan fingerprint density at radius 2 is 1.70 bits per heavy atom. The summed E-state index contributed by atoms with van der Waals surface area (Å²) in [5.74, 6) is 0.694. The summed E-state index contributed by atoms with van der Waals surface area (Å²) in [4.78, 5) is 0. The first-order valence-corrected chi connectivity index (χ1v) is 6.81. The molecule has 0 N–H and O–H groups in total. The zero-order valence-electron chi connectivity index (χ0n) is 10.6. The largest absolute Gasteiger partial charge is 0.454 e. The number of halogens is 2. The number of ether oxygens (including phenoxy) is 1. The first-order chi connectivity index (χ1) is 9.76. The van der Waals surface area contributed by atoms with E-state index >= 15 is 0 Å². The van der Waals surface area contributed by atoms with Crippen molar-refractivity contribution in [3.05, 3.63) is 72.0 Å². The average Bonchev–Trinajstić information content (AvgIpc) is 2.49. The molecule has 0 atom stereocenters. The van der Waals surface area contributed by atoms with Gasteiger partial charge in [0, 0.05) is 5.88 Å². The normalized spacial score (nSPS) is 10.7. The van der Waals surface area contributed by atoms with Crippen molar-refractivity contribution in [1.29, 1.82) is 0 Å². The second-order valence-electron chi connectivity index (χ2n) is 4.51. The molecule has 0 amide bonds. The minimum atomic E-state index is -0.406. The Balaban J connectivity index is 1.92. The summed E-state index contributed by atoms with van der Waals surface area (Å²) in [7, 11) is 0. The van der Waals surface area contributed by atoms with Crippen molar-refractivity contribution in [2.24, 2.45) is 0 Å². The van der Waals surface area contributed by atoms with Crippen LogP contribution in [0.3, 0.4) is 0 Å². The van der Waals surface area contributed by atoms with Crippen LogP contribution in [0.15, 0.2) is 60.7 Å². The van der Waals surface area contributed by atoms with E-state index in [9.17, 15) is 4.39 Å². The van der Waals surface area contributed by atoms with Gasteiger partial charge < -0.3 is 4.74 Å². The van der Waals surface area contributed by atoms with Crippen molar-refractivity contribution in [2.75, 3.05) is 0 Å². The Labute approximate surface area is 121 Å². The van der Waals surface area contributed by atoms with Crippen LogP contribution in [0.25, 0.3) is 10.8 Å². The van der Waals surface area contributed by atoms with Gasteiger partial charge in [0.1, 0.15) is 5.75 Å². The lowest BCUT2D eigenvalue weighted by Gasteiger charge is -2.08. The van der Waals surface area contributed by atoms with Crippen LogP contribution >= 0.6 is 11.6 Å². The maximum absolute atomic E-state index is 13.9. The number of fused-ring (bicyclic) bond motifs is 1. The van der Waals surface area contributed by atoms with Gasteiger partial charge in [-0.25, -0.2) is 4.39 Å². The first kappa shape index (κ1) is 12.9. The van der Waals surface area contributed by atoms with Gasteiger partial charge in [-0.3, -0.25) is 0 Å². The molecule has 3 aromatic carbocycles. The number of benzene rings is 3. The molecule has 100 valence electrons. The molecule has 0 fully saturated rings. The van der Waals surface area contributed by atoms with E-state index in [1.165, 1.54) is 6.07 Å². The third-order valence-electron chi connectivity index (χ3n) is 3.10. The minimum absolute atomic E-state index is 0.203. The predicted molar refractivity (Wildman–Crippen MR) is 80.0 cm³/mol. The third-order valence-corrected chi connectivity index (χ3v) is 3.41. The van der Waals surface area contributed by atoms with E-state index < -0.39 is 5.82 Å². The van der Waals surface area contributed by atoms with Gasteiger partial charge in [0.2, 0.25) is 0 Å². The maximum atomic E-state index is 13.9. The SMILES string of the molecule is Fc1cc(CCl)ccc1Oc1ccc2ccccc2c1. The topological polar surface area (TPSA) is 9.23 Å². The van der Waals surface area contributed by atoms with Crippen LogP contribution in [0.5, 0.6) is 11.5 Å². The van der Waals surface area contributed by atoms with Gasteiger partial charge in [0.25, 0.3) is 0 Å². The Bertz CT molecular complexity index is 755. The van der Waals surface area contributed by atoms with Gasteiger partial charge in [-0.05, 0) is 40.6 Å². The summed E-state index contributed by atoms with van der Waals surface area (Å²) < 4.78 is 19.5. The van der Waals surface area contributed by atoms with Crippen LogP contribution in [0.2, 0.25) is 0 Å². The molecular formula is C17H12ClFO. The van der Waals surface area contributed by atoms with Crippen LogP contribution in [0.1, 0.15) is 5.56 Å². The number of hydrogen-bond acceptors (Lipinski definition) is 1. The van der Waals surface area contributed by atoms with Crippen molar-refractivity contribution in [1.82, 2.24) is 0 Å². The lowest BCUT2D eigenvalue weighted by Crippen LogP contribution is -1.90. The summed E-state index contributed by atoms with van der Waals surface area (Å²) in [6, 6.07) is 18.4. The molecule has 3 aromatic rings. The van der Waals surface area contributed by atoms with Gasteiger partial charge in [-0.2, -0.15) is 0 Å². The van der Waals surface area contributed by atoms with Crippen LogP contribution in [-0.4, -0.2) is 0 Å². The number of alkyl halides is 1. The number of rotatable bonds is 3. The molecule has 0 aliphatic heterocycles. The van der Waals surface area contributed by atoms with E-state index in [4.69, 9.17) is 16.3 Å². The molecule has 0 unspecified atom stereocenters. The maximum Gasteiger partial charge on any atom is 0.166 e. The Kier molecular flexibility index (Phi) is 3.57. The van der Waals surface area contributed by atoms with Crippen molar-refractivity contribution in [3.8, 4) is 11.5 Å². The molecular weight excluding hydrogens is 275 g/mol. The molecule has 0 heterocycles. The minimum Gasteiger partial charge on any atom is -0.454 e. The van der Waals surface area contributed by atoms with Gasteiger partial charge in [0.05, 0.1) is 0 Å². The Morgan fingerprint density at radius 1 is 0.900 bits per heavy atom. The second kappa shape index (κ2) is 5.51. The van der Waals surface area contributed by atoms with Crippen LogP contribution in [-0.2, 0) is 5.88 Å². The fraction of sp³-hybridized carbons (Fsp3) is 0.0588. The van der Waals surface area contributed by atoms with Gasteiger partial charge >= 0.3 is 0 Å². The van der Waals surface area contributed by atoms with Gasteiger partial charge in [0.15, 0.2) is 11.6 Å². The van der Waals surface area contributed by atoms with Gasteiger partial charge in [-0.1, -0.05) is 36.4 Å². The smallest absolute Gasteiger partial charge is 0.166 e. The molecule has 0 aliphatic rings. The monoisotopic (exact) mass is 286 g/mol. The molecule has 20 heavy (non-hydrogen) atoms. The van der Waals surface area contributed by atoms with E-state index in [0.29, 0.717) is 5.75 Å². The van der Waals surface area contributed by atoms with Crippen molar-refractivity contribution < 1.29 is 9.13 Å². The highest BCUT2D eigenvalue weighted by molar-refractivity contribution is 6.17. The van der Waals surface area contributed by atoms with Crippen molar-refractivity contribution in [3.63, 3.8) is 0 Å². The van der Waals surface area contributed by atoms with E-state index in [-0.39, 0.29) is 11.6 Å². The van der Waals surface area contributed by atoms with Crippen molar-refractivity contribution >= 4 is 22.4 Å². The standard InChI is InChI=1S/C17H12ClFO/c18-11-12-5-8-17(16(19)9-12)20-15-7-6-13-3-1-2-4-14(13)10-15/h1-10H,11H2. The molecule has 0 saturated heterocycles. The van der Waals surface area contributed by atoms with Crippen LogP contribution < -0.4 is 4.74 Å². The highest BCUT2D eigenvalue weighted by Crippen LogP contribution is 2.28. The molecule has 0 aromatic heterocycles. The molecule has 0 saturated carbocycles. The fourth-order valence-electron chi connectivity index (χ4n) is 2.07. The molecule has 0 spiro atoms. The second-order valence-corrected chi connectivity index (χ2v) is 4.78. The predicted octanol–water partition coefficient (Wildman–Crippen LogP) is 5.51.